The van der Waals surface area contributed by atoms with E-state index in [0.717, 1.165) is 22.3 Å². The molecule has 1 aromatic carbocycles. The largest absolute Gasteiger partial charge is 0.389 e. The van der Waals surface area contributed by atoms with E-state index >= 15 is 0 Å². The number of hydrogen-bond acceptors (Lipinski definition) is 3. The lowest BCUT2D eigenvalue weighted by Gasteiger charge is -2.19. The summed E-state index contributed by atoms with van der Waals surface area (Å²) in [5, 5.41) is 14.1. The number of aryl methyl sites for hydroxylation is 1. The highest BCUT2D eigenvalue weighted by atomic mass is 16.3. The van der Waals surface area contributed by atoms with Crippen molar-refractivity contribution in [3.8, 4) is 0 Å². The fourth-order valence-corrected chi connectivity index (χ4v) is 1.77. The second-order valence-electron chi connectivity index (χ2n) is 4.99. The highest BCUT2D eigenvalue weighted by Crippen LogP contribution is 2.23. The van der Waals surface area contributed by atoms with Crippen molar-refractivity contribution >= 4 is 16.6 Å². The topological polar surface area (TPSA) is 45.1 Å². The number of rotatable bonds is 3. The van der Waals surface area contributed by atoms with Gasteiger partial charge in [-0.3, -0.25) is 4.98 Å². The number of aromatic nitrogens is 1. The zero-order valence-corrected chi connectivity index (χ0v) is 10.5. The summed E-state index contributed by atoms with van der Waals surface area (Å²) in [6.07, 6.45) is 0. The predicted molar refractivity (Wildman–Crippen MR) is 71.3 cm³/mol. The van der Waals surface area contributed by atoms with E-state index in [4.69, 9.17) is 0 Å². The maximum absolute atomic E-state index is 9.74. The second-order valence-corrected chi connectivity index (χ2v) is 4.99. The van der Waals surface area contributed by atoms with Crippen molar-refractivity contribution in [3.63, 3.8) is 0 Å². The summed E-state index contributed by atoms with van der Waals surface area (Å²) in [7, 11) is 0. The van der Waals surface area contributed by atoms with Gasteiger partial charge in [0.25, 0.3) is 0 Å². The van der Waals surface area contributed by atoms with Gasteiger partial charge in [0, 0.05) is 23.3 Å². The first-order valence-electron chi connectivity index (χ1n) is 5.78. The molecule has 0 spiro atoms. The molecular formula is C14H18N2O. The van der Waals surface area contributed by atoms with Crippen LogP contribution in [0.25, 0.3) is 10.9 Å². The molecule has 90 valence electrons. The molecule has 2 N–H and O–H groups in total. The summed E-state index contributed by atoms with van der Waals surface area (Å²) in [6.45, 7) is 6.06. The summed E-state index contributed by atoms with van der Waals surface area (Å²) in [4.78, 5) is 4.48. The smallest absolute Gasteiger partial charge is 0.0763 e. The van der Waals surface area contributed by atoms with Crippen molar-refractivity contribution in [2.24, 2.45) is 0 Å². The third-order valence-electron chi connectivity index (χ3n) is 2.56. The molecule has 0 atom stereocenters. The molecule has 2 rings (SSSR count). The number of hydrogen-bond donors (Lipinski definition) is 2. The van der Waals surface area contributed by atoms with E-state index in [9.17, 15) is 5.11 Å². The van der Waals surface area contributed by atoms with Crippen LogP contribution >= 0.6 is 0 Å². The maximum Gasteiger partial charge on any atom is 0.0763 e. The Morgan fingerprint density at radius 3 is 2.71 bits per heavy atom. The van der Waals surface area contributed by atoms with Crippen LogP contribution in [-0.2, 0) is 0 Å². The summed E-state index contributed by atoms with van der Waals surface area (Å²) in [5.74, 6) is 0. The Kier molecular flexibility index (Phi) is 3.03. The van der Waals surface area contributed by atoms with Crippen LogP contribution in [0.4, 0.5) is 5.69 Å². The van der Waals surface area contributed by atoms with Crippen LogP contribution < -0.4 is 5.32 Å². The lowest BCUT2D eigenvalue weighted by Crippen LogP contribution is -2.29. The van der Waals surface area contributed by atoms with E-state index in [0.29, 0.717) is 6.54 Å². The van der Waals surface area contributed by atoms with Gasteiger partial charge in [0.05, 0.1) is 11.1 Å². The monoisotopic (exact) mass is 230 g/mol. The Morgan fingerprint density at radius 2 is 2.00 bits per heavy atom. The van der Waals surface area contributed by atoms with Crippen molar-refractivity contribution < 1.29 is 5.11 Å². The molecule has 0 saturated heterocycles. The summed E-state index contributed by atoms with van der Waals surface area (Å²) in [5.41, 5.74) is 2.25. The average Bonchev–Trinajstić information content (AvgIpc) is 2.24. The fraction of sp³-hybridized carbons (Fsp3) is 0.357. The van der Waals surface area contributed by atoms with Gasteiger partial charge < -0.3 is 10.4 Å². The van der Waals surface area contributed by atoms with Gasteiger partial charge in [0.1, 0.15) is 0 Å². The summed E-state index contributed by atoms with van der Waals surface area (Å²) >= 11 is 0. The van der Waals surface area contributed by atoms with E-state index in [-0.39, 0.29) is 0 Å². The van der Waals surface area contributed by atoms with Crippen molar-refractivity contribution in [1.29, 1.82) is 0 Å². The predicted octanol–water partition coefficient (Wildman–Crippen LogP) is 2.73. The molecule has 17 heavy (non-hydrogen) atoms. The fourth-order valence-electron chi connectivity index (χ4n) is 1.77. The minimum Gasteiger partial charge on any atom is -0.389 e. The zero-order valence-electron chi connectivity index (χ0n) is 10.5. The number of pyridine rings is 1. The molecule has 0 bridgehead atoms. The number of anilines is 1. The van der Waals surface area contributed by atoms with Gasteiger partial charge in [-0.05, 0) is 32.9 Å². The molecule has 0 amide bonds. The normalized spacial score (nSPS) is 11.8. The first-order chi connectivity index (χ1) is 7.96. The molecule has 0 unspecified atom stereocenters. The minimum absolute atomic E-state index is 0.514. The summed E-state index contributed by atoms with van der Waals surface area (Å²) in [6, 6.07) is 10.0. The number of benzene rings is 1. The van der Waals surface area contributed by atoms with Gasteiger partial charge in [-0.2, -0.15) is 0 Å². The van der Waals surface area contributed by atoms with Crippen LogP contribution in [-0.4, -0.2) is 22.2 Å². The number of para-hydroxylation sites is 1. The Labute approximate surface area is 102 Å². The summed E-state index contributed by atoms with van der Waals surface area (Å²) < 4.78 is 0. The van der Waals surface area contributed by atoms with Gasteiger partial charge in [-0.1, -0.05) is 18.2 Å². The van der Waals surface area contributed by atoms with Crippen molar-refractivity contribution in [1.82, 2.24) is 4.98 Å². The van der Waals surface area contributed by atoms with Crippen molar-refractivity contribution in [3.05, 3.63) is 36.0 Å². The van der Waals surface area contributed by atoms with E-state index in [1.165, 1.54) is 0 Å². The van der Waals surface area contributed by atoms with E-state index in [1.807, 2.05) is 37.3 Å². The van der Waals surface area contributed by atoms with Crippen LogP contribution in [0.5, 0.6) is 0 Å². The van der Waals surface area contributed by atoms with Gasteiger partial charge in [0.2, 0.25) is 0 Å². The molecule has 1 aromatic heterocycles. The first-order valence-corrected chi connectivity index (χ1v) is 5.78. The Bertz CT molecular complexity index is 529. The number of aliphatic hydroxyl groups is 1. The number of nitrogens with zero attached hydrogens (tertiary/aromatic N) is 1. The van der Waals surface area contributed by atoms with Crippen LogP contribution in [0.2, 0.25) is 0 Å². The number of fused-ring (bicyclic) bond motifs is 1. The molecule has 0 aliphatic carbocycles. The van der Waals surface area contributed by atoms with Crippen LogP contribution in [0.3, 0.4) is 0 Å². The molecule has 0 aliphatic heterocycles. The van der Waals surface area contributed by atoms with E-state index in [1.54, 1.807) is 13.8 Å². The molecule has 0 fully saturated rings. The number of nitrogens with one attached hydrogen (secondary N) is 1. The Balaban J connectivity index is 2.39. The van der Waals surface area contributed by atoms with Gasteiger partial charge in [0.15, 0.2) is 0 Å². The Morgan fingerprint density at radius 1 is 1.29 bits per heavy atom. The average molecular weight is 230 g/mol. The molecule has 3 nitrogen and oxygen atoms in total. The van der Waals surface area contributed by atoms with Crippen LogP contribution in [0.15, 0.2) is 30.3 Å². The molecule has 1 heterocycles. The van der Waals surface area contributed by atoms with Gasteiger partial charge >= 0.3 is 0 Å². The molecule has 2 aromatic rings. The zero-order chi connectivity index (χ0) is 12.5. The van der Waals surface area contributed by atoms with Crippen molar-refractivity contribution in [2.75, 3.05) is 11.9 Å². The highest BCUT2D eigenvalue weighted by molar-refractivity contribution is 5.91. The lowest BCUT2D eigenvalue weighted by molar-refractivity contribution is 0.0945. The first kappa shape index (κ1) is 11.9. The molecule has 0 saturated carbocycles. The SMILES string of the molecule is Cc1cc(NCC(C)(C)O)c2ccccc2n1. The van der Waals surface area contributed by atoms with E-state index in [2.05, 4.69) is 10.3 Å². The van der Waals surface area contributed by atoms with Crippen LogP contribution in [0.1, 0.15) is 19.5 Å². The third-order valence-corrected chi connectivity index (χ3v) is 2.56. The molecule has 0 radical (unpaired) electrons. The van der Waals surface area contributed by atoms with Crippen molar-refractivity contribution in [2.45, 2.75) is 26.4 Å². The minimum atomic E-state index is -0.724. The van der Waals surface area contributed by atoms with Gasteiger partial charge in [-0.15, -0.1) is 0 Å². The molecule has 0 aliphatic rings. The van der Waals surface area contributed by atoms with Crippen LogP contribution in [0, 0.1) is 6.92 Å². The molecule has 3 heteroatoms. The highest BCUT2D eigenvalue weighted by Gasteiger charge is 2.12. The maximum atomic E-state index is 9.74. The van der Waals surface area contributed by atoms with Gasteiger partial charge in [-0.25, -0.2) is 0 Å². The third kappa shape index (κ3) is 2.94. The molecular weight excluding hydrogens is 212 g/mol. The van der Waals surface area contributed by atoms with E-state index < -0.39 is 5.60 Å². The Hall–Kier alpha value is -1.61. The second kappa shape index (κ2) is 4.34. The lowest BCUT2D eigenvalue weighted by atomic mass is 10.1. The quantitative estimate of drug-likeness (QED) is 0.852. The standard InChI is InChI=1S/C14H18N2O/c1-10-8-13(15-9-14(2,3)17)11-6-4-5-7-12(11)16-10/h4-8,17H,9H2,1-3H3,(H,15,16).